The summed E-state index contributed by atoms with van der Waals surface area (Å²) in [6.45, 7) is 7.66. The molecule has 0 aromatic rings. The predicted molar refractivity (Wildman–Crippen MR) is 75.3 cm³/mol. The predicted octanol–water partition coefficient (Wildman–Crippen LogP) is 1.22. The first kappa shape index (κ1) is 17.7. The van der Waals surface area contributed by atoms with Gasteiger partial charge >= 0.3 is 12.0 Å². The first-order valence-corrected chi connectivity index (χ1v) is 6.87. The molecule has 19 heavy (non-hydrogen) atoms. The maximum absolute atomic E-state index is 11.8. The Balaban J connectivity index is 4.08. The van der Waals surface area contributed by atoms with Crippen molar-refractivity contribution in [1.82, 2.24) is 15.1 Å². The molecule has 0 aliphatic heterocycles. The van der Waals surface area contributed by atoms with E-state index in [0.29, 0.717) is 19.1 Å². The average Bonchev–Trinajstić information content (AvgIpc) is 2.36. The number of nitrogens with one attached hydrogen (secondary N) is 1. The van der Waals surface area contributed by atoms with E-state index < -0.39 is 5.97 Å². The van der Waals surface area contributed by atoms with Crippen LogP contribution in [0.4, 0.5) is 4.79 Å². The van der Waals surface area contributed by atoms with Gasteiger partial charge in [0.25, 0.3) is 0 Å². The van der Waals surface area contributed by atoms with E-state index in [1.165, 1.54) is 4.90 Å². The van der Waals surface area contributed by atoms with Crippen molar-refractivity contribution in [2.45, 2.75) is 39.7 Å². The summed E-state index contributed by atoms with van der Waals surface area (Å²) in [5.41, 5.74) is 0. The maximum Gasteiger partial charge on any atom is 0.323 e. The third-order valence-corrected chi connectivity index (χ3v) is 3.19. The molecule has 1 atom stereocenters. The summed E-state index contributed by atoms with van der Waals surface area (Å²) in [5.74, 6) is -0.986. The second kappa shape index (κ2) is 9.61. The molecule has 2 amide bonds. The lowest BCUT2D eigenvalue weighted by atomic mass is 10.2. The molecule has 0 fully saturated rings. The van der Waals surface area contributed by atoms with Gasteiger partial charge in [0.2, 0.25) is 0 Å². The number of carbonyl (C=O) groups is 2. The summed E-state index contributed by atoms with van der Waals surface area (Å²) in [6.07, 6.45) is 1.80. The van der Waals surface area contributed by atoms with E-state index >= 15 is 0 Å². The molecule has 112 valence electrons. The van der Waals surface area contributed by atoms with Crippen LogP contribution in [0.1, 0.15) is 33.6 Å². The molecule has 0 spiro atoms. The third-order valence-electron chi connectivity index (χ3n) is 3.19. The Morgan fingerprint density at radius 3 is 2.37 bits per heavy atom. The molecule has 0 rings (SSSR count). The van der Waals surface area contributed by atoms with Gasteiger partial charge in [-0.1, -0.05) is 13.8 Å². The van der Waals surface area contributed by atoms with Crippen LogP contribution in [0.25, 0.3) is 0 Å². The Kier molecular flexibility index (Phi) is 8.95. The van der Waals surface area contributed by atoms with Crippen molar-refractivity contribution >= 4 is 12.0 Å². The van der Waals surface area contributed by atoms with Gasteiger partial charge in [-0.2, -0.15) is 0 Å². The van der Waals surface area contributed by atoms with Crippen LogP contribution in [-0.4, -0.2) is 66.2 Å². The van der Waals surface area contributed by atoms with Crippen LogP contribution < -0.4 is 5.32 Å². The Hall–Kier alpha value is -1.30. The number of nitrogens with zero attached hydrogens (tertiary/aromatic N) is 2. The molecule has 0 bridgehead atoms. The van der Waals surface area contributed by atoms with Crippen LogP contribution in [0, 0.1) is 0 Å². The van der Waals surface area contributed by atoms with Gasteiger partial charge in [-0.05, 0) is 26.8 Å². The first-order valence-electron chi connectivity index (χ1n) is 6.87. The van der Waals surface area contributed by atoms with Gasteiger partial charge in [0.15, 0.2) is 0 Å². The van der Waals surface area contributed by atoms with Crippen molar-refractivity contribution in [2.24, 2.45) is 0 Å². The second-order valence-corrected chi connectivity index (χ2v) is 4.79. The van der Waals surface area contributed by atoms with Crippen LogP contribution in [-0.2, 0) is 4.79 Å². The number of aliphatic carboxylic acids is 1. The molecule has 0 aliphatic carbocycles. The molecular weight excluding hydrogens is 246 g/mol. The minimum Gasteiger partial charge on any atom is -0.480 e. The highest BCUT2D eigenvalue weighted by Gasteiger charge is 2.15. The van der Waals surface area contributed by atoms with Gasteiger partial charge in [0, 0.05) is 25.7 Å². The molecule has 0 saturated heterocycles. The average molecular weight is 273 g/mol. The standard InChI is InChI=1S/C13H27N3O3/c1-5-8-16(10-12(17)18)13(19)14-7-9-15(4)11(3)6-2/h11H,5-10H2,1-4H3,(H,14,19)(H,17,18). The molecule has 0 heterocycles. The van der Waals surface area contributed by atoms with Gasteiger partial charge in [-0.15, -0.1) is 0 Å². The number of carbonyl (C=O) groups excluding carboxylic acids is 1. The van der Waals surface area contributed by atoms with E-state index in [1.807, 2.05) is 14.0 Å². The van der Waals surface area contributed by atoms with E-state index in [0.717, 1.165) is 19.4 Å². The Morgan fingerprint density at radius 1 is 1.26 bits per heavy atom. The minimum atomic E-state index is -0.986. The highest BCUT2D eigenvalue weighted by molar-refractivity contribution is 5.80. The number of hydrogen-bond donors (Lipinski definition) is 2. The highest BCUT2D eigenvalue weighted by atomic mass is 16.4. The zero-order chi connectivity index (χ0) is 14.8. The molecule has 2 N–H and O–H groups in total. The number of carboxylic acids is 1. The van der Waals surface area contributed by atoms with Crippen molar-refractivity contribution in [3.63, 3.8) is 0 Å². The topological polar surface area (TPSA) is 72.9 Å². The third kappa shape index (κ3) is 7.66. The number of rotatable bonds is 9. The monoisotopic (exact) mass is 273 g/mol. The molecule has 0 aromatic heterocycles. The lowest BCUT2D eigenvalue weighted by molar-refractivity contribution is -0.137. The minimum absolute atomic E-state index is 0.249. The quantitative estimate of drug-likeness (QED) is 0.662. The summed E-state index contributed by atoms with van der Waals surface area (Å²) in [4.78, 5) is 26.0. The zero-order valence-electron chi connectivity index (χ0n) is 12.5. The van der Waals surface area contributed by atoms with Crippen LogP contribution in [0.3, 0.4) is 0 Å². The molecule has 0 aliphatic rings. The molecule has 6 heteroatoms. The molecule has 0 radical (unpaired) electrons. The smallest absolute Gasteiger partial charge is 0.323 e. The van der Waals surface area contributed by atoms with Crippen molar-refractivity contribution in [1.29, 1.82) is 0 Å². The van der Waals surface area contributed by atoms with Crippen molar-refractivity contribution in [3.05, 3.63) is 0 Å². The van der Waals surface area contributed by atoms with Gasteiger partial charge in [-0.25, -0.2) is 4.79 Å². The normalized spacial score (nSPS) is 12.3. The summed E-state index contributed by atoms with van der Waals surface area (Å²) in [7, 11) is 2.02. The molecule has 6 nitrogen and oxygen atoms in total. The van der Waals surface area contributed by atoms with Crippen LogP contribution >= 0.6 is 0 Å². The van der Waals surface area contributed by atoms with Crippen molar-refractivity contribution in [2.75, 3.05) is 33.2 Å². The lowest BCUT2D eigenvalue weighted by Crippen LogP contribution is -2.45. The first-order chi connectivity index (χ1) is 8.92. The molecule has 1 unspecified atom stereocenters. The fraction of sp³-hybridized carbons (Fsp3) is 0.846. The highest BCUT2D eigenvalue weighted by Crippen LogP contribution is 1.98. The lowest BCUT2D eigenvalue weighted by Gasteiger charge is -2.25. The SMILES string of the molecule is CCCN(CC(=O)O)C(=O)NCCN(C)C(C)CC. The Bertz CT molecular complexity index is 284. The number of urea groups is 1. The Morgan fingerprint density at radius 2 is 1.89 bits per heavy atom. The van der Waals surface area contributed by atoms with Gasteiger partial charge < -0.3 is 20.2 Å². The van der Waals surface area contributed by atoms with Crippen molar-refractivity contribution < 1.29 is 14.7 Å². The fourth-order valence-electron chi connectivity index (χ4n) is 1.67. The Labute approximate surface area is 115 Å². The van der Waals surface area contributed by atoms with Crippen LogP contribution in [0.2, 0.25) is 0 Å². The largest absolute Gasteiger partial charge is 0.480 e. The van der Waals surface area contributed by atoms with Crippen LogP contribution in [0.5, 0.6) is 0 Å². The van der Waals surface area contributed by atoms with E-state index in [2.05, 4.69) is 24.1 Å². The number of likely N-dealkylation sites (N-methyl/N-ethyl adjacent to an activating group) is 1. The number of carboxylic acid groups (broad SMARTS) is 1. The van der Waals surface area contributed by atoms with E-state index in [1.54, 1.807) is 0 Å². The van der Waals surface area contributed by atoms with E-state index in [-0.39, 0.29) is 12.6 Å². The van der Waals surface area contributed by atoms with E-state index in [4.69, 9.17) is 5.11 Å². The molecule has 0 saturated carbocycles. The van der Waals surface area contributed by atoms with Crippen LogP contribution in [0.15, 0.2) is 0 Å². The van der Waals surface area contributed by atoms with Gasteiger partial charge in [0.05, 0.1) is 0 Å². The summed E-state index contributed by atoms with van der Waals surface area (Å²) < 4.78 is 0. The number of amides is 2. The summed E-state index contributed by atoms with van der Waals surface area (Å²) in [6, 6.07) is 0.171. The second-order valence-electron chi connectivity index (χ2n) is 4.79. The van der Waals surface area contributed by atoms with Gasteiger partial charge in [-0.3, -0.25) is 4.79 Å². The number of hydrogen-bond acceptors (Lipinski definition) is 3. The van der Waals surface area contributed by atoms with Gasteiger partial charge in [0.1, 0.15) is 6.54 Å². The molecule has 0 aromatic carbocycles. The maximum atomic E-state index is 11.8. The fourth-order valence-corrected chi connectivity index (χ4v) is 1.67. The van der Waals surface area contributed by atoms with E-state index in [9.17, 15) is 9.59 Å². The van der Waals surface area contributed by atoms with Crippen molar-refractivity contribution in [3.8, 4) is 0 Å². The summed E-state index contributed by atoms with van der Waals surface area (Å²) >= 11 is 0. The summed E-state index contributed by atoms with van der Waals surface area (Å²) in [5, 5.41) is 11.5. The molecular formula is C13H27N3O3. The zero-order valence-corrected chi connectivity index (χ0v) is 12.5.